The highest BCUT2D eigenvalue weighted by Gasteiger charge is 2.28. The zero-order chi connectivity index (χ0) is 18.4. The van der Waals surface area contributed by atoms with Crippen LogP contribution in [-0.4, -0.2) is 50.2 Å². The number of likely N-dealkylation sites (tertiary alicyclic amines) is 1. The van der Waals surface area contributed by atoms with Crippen molar-refractivity contribution in [2.24, 2.45) is 0 Å². The summed E-state index contributed by atoms with van der Waals surface area (Å²) in [5, 5.41) is 3.23. The van der Waals surface area contributed by atoms with E-state index in [4.69, 9.17) is 9.47 Å². The molecule has 0 bridgehead atoms. The number of ether oxygens (including phenoxy) is 2. The number of nitrogens with one attached hydrogen (secondary N) is 1. The van der Waals surface area contributed by atoms with Gasteiger partial charge in [-0.15, -0.1) is 0 Å². The number of carbonyl (C=O) groups excluding carboxylic acids is 1. The van der Waals surface area contributed by atoms with Crippen LogP contribution < -0.4 is 14.8 Å². The fourth-order valence-corrected chi connectivity index (χ4v) is 4.41. The monoisotopic (exact) mass is 360 g/mol. The number of methoxy groups -OCH3 is 2. The maximum atomic E-state index is 12.9. The second-order valence-corrected chi connectivity index (χ2v) is 7.49. The van der Waals surface area contributed by atoms with Crippen LogP contribution in [0.15, 0.2) is 18.2 Å². The van der Waals surface area contributed by atoms with Gasteiger partial charge in [0.05, 0.1) is 14.2 Å². The van der Waals surface area contributed by atoms with Crippen molar-refractivity contribution in [1.29, 1.82) is 0 Å². The molecule has 2 fully saturated rings. The molecule has 1 saturated carbocycles. The summed E-state index contributed by atoms with van der Waals surface area (Å²) in [6.45, 7) is 2.11. The van der Waals surface area contributed by atoms with E-state index in [1.807, 2.05) is 6.07 Å². The van der Waals surface area contributed by atoms with Crippen LogP contribution in [0.2, 0.25) is 0 Å². The quantitative estimate of drug-likeness (QED) is 0.815. The molecule has 1 N–H and O–H groups in total. The molecule has 2 aliphatic rings. The minimum atomic E-state index is -0.105. The van der Waals surface area contributed by atoms with Crippen molar-refractivity contribution in [3.63, 3.8) is 0 Å². The van der Waals surface area contributed by atoms with E-state index in [9.17, 15) is 4.79 Å². The van der Waals surface area contributed by atoms with Crippen LogP contribution in [-0.2, 0) is 0 Å². The van der Waals surface area contributed by atoms with E-state index in [0.717, 1.165) is 25.9 Å². The summed E-state index contributed by atoms with van der Waals surface area (Å²) in [4.78, 5) is 15.5. The number of piperidine rings is 1. The Morgan fingerprint density at radius 3 is 2.27 bits per heavy atom. The molecule has 26 heavy (non-hydrogen) atoms. The van der Waals surface area contributed by atoms with Crippen molar-refractivity contribution in [3.05, 3.63) is 23.8 Å². The first-order valence-corrected chi connectivity index (χ1v) is 9.99. The van der Waals surface area contributed by atoms with Gasteiger partial charge >= 0.3 is 0 Å². The number of hydrogen-bond donors (Lipinski definition) is 1. The number of nitrogens with zero attached hydrogens (tertiary/aromatic N) is 1. The van der Waals surface area contributed by atoms with Crippen molar-refractivity contribution in [2.75, 3.05) is 27.3 Å². The fourth-order valence-electron chi connectivity index (χ4n) is 4.41. The Morgan fingerprint density at radius 1 is 1.00 bits per heavy atom. The molecular formula is C21H32N2O3. The molecule has 1 aliphatic carbocycles. The Kier molecular flexibility index (Phi) is 6.78. The lowest BCUT2D eigenvalue weighted by Crippen LogP contribution is -2.51. The minimum absolute atomic E-state index is 0.105. The number of benzene rings is 1. The lowest BCUT2D eigenvalue weighted by atomic mass is 9.99. The first-order valence-electron chi connectivity index (χ1n) is 9.99. The van der Waals surface area contributed by atoms with Crippen molar-refractivity contribution in [2.45, 2.75) is 63.5 Å². The number of amides is 1. The third-order valence-corrected chi connectivity index (χ3v) is 5.78. The molecule has 0 aromatic heterocycles. The molecular weight excluding hydrogens is 328 g/mol. The molecule has 1 amide bonds. The molecule has 1 saturated heterocycles. The van der Waals surface area contributed by atoms with Gasteiger partial charge in [-0.05, 0) is 44.4 Å². The van der Waals surface area contributed by atoms with Gasteiger partial charge in [-0.3, -0.25) is 9.69 Å². The normalized spacial score (nSPS) is 22.5. The zero-order valence-corrected chi connectivity index (χ0v) is 16.1. The van der Waals surface area contributed by atoms with E-state index < -0.39 is 0 Å². The maximum absolute atomic E-state index is 12.9. The highest BCUT2D eigenvalue weighted by Crippen LogP contribution is 2.29. The van der Waals surface area contributed by atoms with Gasteiger partial charge in [0.2, 0.25) is 0 Å². The zero-order valence-electron chi connectivity index (χ0n) is 16.1. The van der Waals surface area contributed by atoms with Gasteiger partial charge in [0.15, 0.2) is 0 Å². The predicted octanol–water partition coefficient (Wildman–Crippen LogP) is 3.62. The van der Waals surface area contributed by atoms with Gasteiger partial charge in [-0.1, -0.05) is 31.7 Å². The molecule has 5 heteroatoms. The first-order chi connectivity index (χ1) is 12.7. The van der Waals surface area contributed by atoms with Gasteiger partial charge in [-0.2, -0.15) is 0 Å². The molecule has 0 spiro atoms. The average Bonchev–Trinajstić information content (AvgIpc) is 2.97. The molecule has 1 heterocycles. The van der Waals surface area contributed by atoms with E-state index in [0.29, 0.717) is 23.1 Å². The third-order valence-electron chi connectivity index (χ3n) is 5.78. The highest BCUT2D eigenvalue weighted by atomic mass is 16.5. The Labute approximate surface area is 157 Å². The smallest absolute Gasteiger partial charge is 0.259 e. The lowest BCUT2D eigenvalue weighted by Gasteiger charge is -2.38. The number of hydrogen-bond acceptors (Lipinski definition) is 4. The van der Waals surface area contributed by atoms with Gasteiger partial charge in [0.1, 0.15) is 17.1 Å². The topological polar surface area (TPSA) is 50.8 Å². The van der Waals surface area contributed by atoms with E-state index in [2.05, 4.69) is 10.2 Å². The summed E-state index contributed by atoms with van der Waals surface area (Å²) >= 11 is 0. The van der Waals surface area contributed by atoms with Crippen LogP contribution in [0.4, 0.5) is 0 Å². The van der Waals surface area contributed by atoms with Crippen LogP contribution in [0, 0.1) is 0 Å². The Morgan fingerprint density at radius 2 is 1.65 bits per heavy atom. The second-order valence-electron chi connectivity index (χ2n) is 7.49. The SMILES string of the molecule is COc1cccc(OC)c1C(=O)N[C@@H]1CCCN(C2CCCCCC2)C1. The van der Waals surface area contributed by atoms with Gasteiger partial charge in [0.25, 0.3) is 5.91 Å². The predicted molar refractivity (Wildman–Crippen MR) is 103 cm³/mol. The molecule has 0 unspecified atom stereocenters. The molecule has 1 aliphatic heterocycles. The average molecular weight is 360 g/mol. The molecule has 1 aromatic rings. The molecule has 0 radical (unpaired) electrons. The van der Waals surface area contributed by atoms with E-state index in [1.54, 1.807) is 26.4 Å². The van der Waals surface area contributed by atoms with Crippen LogP contribution in [0.25, 0.3) is 0 Å². The van der Waals surface area contributed by atoms with Crippen molar-refractivity contribution >= 4 is 5.91 Å². The highest BCUT2D eigenvalue weighted by molar-refractivity contribution is 5.99. The first kappa shape index (κ1) is 19.0. The van der Waals surface area contributed by atoms with Gasteiger partial charge in [0, 0.05) is 18.6 Å². The summed E-state index contributed by atoms with van der Waals surface area (Å²) in [5.74, 6) is 1.00. The van der Waals surface area contributed by atoms with E-state index in [1.165, 1.54) is 38.5 Å². The van der Waals surface area contributed by atoms with Crippen molar-refractivity contribution < 1.29 is 14.3 Å². The van der Waals surface area contributed by atoms with Crippen LogP contribution in [0.3, 0.4) is 0 Å². The lowest BCUT2D eigenvalue weighted by molar-refractivity contribution is 0.0855. The largest absolute Gasteiger partial charge is 0.496 e. The van der Waals surface area contributed by atoms with Crippen molar-refractivity contribution in [3.8, 4) is 11.5 Å². The second kappa shape index (κ2) is 9.26. The Hall–Kier alpha value is -1.75. The number of rotatable bonds is 5. The molecule has 5 nitrogen and oxygen atoms in total. The van der Waals surface area contributed by atoms with Crippen LogP contribution >= 0.6 is 0 Å². The van der Waals surface area contributed by atoms with Crippen LogP contribution in [0.5, 0.6) is 11.5 Å². The molecule has 1 atom stereocenters. The summed E-state index contributed by atoms with van der Waals surface area (Å²) < 4.78 is 10.8. The molecule has 144 valence electrons. The molecule has 1 aromatic carbocycles. The van der Waals surface area contributed by atoms with Crippen LogP contribution in [0.1, 0.15) is 61.7 Å². The van der Waals surface area contributed by atoms with E-state index >= 15 is 0 Å². The standard InChI is InChI=1S/C21H32N2O3/c1-25-18-12-7-13-19(26-2)20(18)21(24)22-16-9-8-14-23(15-16)17-10-5-3-4-6-11-17/h7,12-13,16-17H,3-6,8-11,14-15H2,1-2H3,(H,22,24)/t16-/m1/s1. The summed E-state index contributed by atoms with van der Waals surface area (Å²) in [5.41, 5.74) is 0.490. The summed E-state index contributed by atoms with van der Waals surface area (Å²) in [6, 6.07) is 6.32. The number of carbonyl (C=O) groups is 1. The summed E-state index contributed by atoms with van der Waals surface area (Å²) in [7, 11) is 3.17. The summed E-state index contributed by atoms with van der Waals surface area (Å²) in [6.07, 6.45) is 10.2. The molecule has 3 rings (SSSR count). The van der Waals surface area contributed by atoms with Crippen molar-refractivity contribution in [1.82, 2.24) is 10.2 Å². The Balaban J connectivity index is 1.66. The van der Waals surface area contributed by atoms with E-state index in [-0.39, 0.29) is 11.9 Å². The van der Waals surface area contributed by atoms with Gasteiger partial charge < -0.3 is 14.8 Å². The third kappa shape index (κ3) is 4.50. The minimum Gasteiger partial charge on any atom is -0.496 e. The van der Waals surface area contributed by atoms with Gasteiger partial charge in [-0.25, -0.2) is 0 Å². The fraction of sp³-hybridized carbons (Fsp3) is 0.667. The Bertz CT molecular complexity index is 575. The maximum Gasteiger partial charge on any atom is 0.259 e.